The molecular weight excluding hydrogens is 359 g/mol. The number of nitrogens with zero attached hydrogens (tertiary/aromatic N) is 2. The molecular formula is C19H26Cl2N2O2. The first-order chi connectivity index (χ1) is 11.8. The van der Waals surface area contributed by atoms with E-state index in [9.17, 15) is 4.79 Å². The molecule has 0 radical (unpaired) electrons. The van der Waals surface area contributed by atoms with E-state index in [1.54, 1.807) is 12.1 Å². The largest absolute Gasteiger partial charge is 0.494 e. The number of amides is 1. The third-order valence-corrected chi connectivity index (χ3v) is 6.51. The van der Waals surface area contributed by atoms with Crippen LogP contribution in [-0.4, -0.2) is 56.0 Å². The van der Waals surface area contributed by atoms with Gasteiger partial charge in [0.2, 0.25) is 0 Å². The molecule has 2 aliphatic rings. The number of fused-ring (bicyclic) bond motifs is 1. The number of benzene rings is 1. The molecule has 1 aromatic carbocycles. The monoisotopic (exact) mass is 384 g/mol. The molecule has 6 heteroatoms. The predicted octanol–water partition coefficient (Wildman–Crippen LogP) is 4.19. The average Bonchev–Trinajstić information content (AvgIpc) is 3.11. The second-order valence-electron chi connectivity index (χ2n) is 7.62. The zero-order valence-electron chi connectivity index (χ0n) is 15.3. The normalized spacial score (nSPS) is 28.3. The van der Waals surface area contributed by atoms with Crippen molar-refractivity contribution in [2.24, 2.45) is 11.8 Å². The van der Waals surface area contributed by atoms with Gasteiger partial charge in [0.15, 0.2) is 0 Å². The fourth-order valence-corrected chi connectivity index (χ4v) is 5.14. The number of hydrogen-bond donors (Lipinski definition) is 0. The minimum Gasteiger partial charge on any atom is -0.494 e. The van der Waals surface area contributed by atoms with Crippen LogP contribution in [0.4, 0.5) is 0 Å². The van der Waals surface area contributed by atoms with Crippen LogP contribution in [0.1, 0.15) is 36.0 Å². The number of halogens is 2. The number of carbonyl (C=O) groups is 1. The van der Waals surface area contributed by atoms with Gasteiger partial charge in [-0.3, -0.25) is 4.79 Å². The summed E-state index contributed by atoms with van der Waals surface area (Å²) in [5.74, 6) is 1.76. The Bertz CT molecular complexity index is 651. The first kappa shape index (κ1) is 18.8. The van der Waals surface area contributed by atoms with Crippen LogP contribution in [0.15, 0.2) is 12.1 Å². The summed E-state index contributed by atoms with van der Waals surface area (Å²) in [4.78, 5) is 17.2. The summed E-state index contributed by atoms with van der Waals surface area (Å²) in [7, 11) is 7.72. The van der Waals surface area contributed by atoms with E-state index in [2.05, 4.69) is 19.0 Å². The third-order valence-electron chi connectivity index (χ3n) is 6.01. The predicted molar refractivity (Wildman–Crippen MR) is 102 cm³/mol. The smallest absolute Gasteiger partial charge is 0.257 e. The Morgan fingerprint density at radius 2 is 1.60 bits per heavy atom. The highest BCUT2D eigenvalue weighted by atomic mass is 35.5. The second-order valence-corrected chi connectivity index (χ2v) is 8.46. The molecule has 0 spiro atoms. The molecule has 25 heavy (non-hydrogen) atoms. The number of hydrogen-bond acceptors (Lipinski definition) is 3. The van der Waals surface area contributed by atoms with Crippen molar-refractivity contribution in [3.8, 4) is 5.75 Å². The van der Waals surface area contributed by atoms with Crippen molar-refractivity contribution in [3.05, 3.63) is 27.7 Å². The molecule has 138 valence electrons. The summed E-state index contributed by atoms with van der Waals surface area (Å²) in [5.41, 5.74) is 0.436. The topological polar surface area (TPSA) is 32.8 Å². The van der Waals surface area contributed by atoms with Gasteiger partial charge in [-0.15, -0.1) is 0 Å². The van der Waals surface area contributed by atoms with Gasteiger partial charge in [-0.2, -0.15) is 0 Å². The number of methoxy groups -OCH3 is 1. The fourth-order valence-electron chi connectivity index (χ4n) is 4.57. The van der Waals surface area contributed by atoms with E-state index in [1.165, 1.54) is 20.0 Å². The summed E-state index contributed by atoms with van der Waals surface area (Å²) >= 11 is 12.3. The Labute approximate surface area is 160 Å². The van der Waals surface area contributed by atoms with E-state index in [1.807, 2.05) is 11.9 Å². The molecule has 0 bridgehead atoms. The van der Waals surface area contributed by atoms with Gasteiger partial charge in [0, 0.05) is 24.2 Å². The first-order valence-electron chi connectivity index (χ1n) is 8.78. The van der Waals surface area contributed by atoms with Gasteiger partial charge < -0.3 is 14.5 Å². The highest BCUT2D eigenvalue weighted by Gasteiger charge is 2.44. The number of rotatable bonds is 4. The molecule has 0 heterocycles. The van der Waals surface area contributed by atoms with Crippen molar-refractivity contribution in [3.63, 3.8) is 0 Å². The summed E-state index contributed by atoms with van der Waals surface area (Å²) in [6.07, 6.45) is 4.63. The van der Waals surface area contributed by atoms with Crippen molar-refractivity contribution >= 4 is 29.1 Å². The molecule has 2 aliphatic carbocycles. The highest BCUT2D eigenvalue weighted by Crippen LogP contribution is 2.47. The van der Waals surface area contributed by atoms with E-state index >= 15 is 0 Å². The number of ether oxygens (including phenoxy) is 1. The van der Waals surface area contributed by atoms with Gasteiger partial charge in [0.1, 0.15) is 5.75 Å². The van der Waals surface area contributed by atoms with Crippen LogP contribution in [0.25, 0.3) is 0 Å². The quantitative estimate of drug-likeness (QED) is 0.779. The van der Waals surface area contributed by atoms with Crippen LogP contribution in [0.2, 0.25) is 10.0 Å². The summed E-state index contributed by atoms with van der Waals surface area (Å²) < 4.78 is 5.34. The second kappa shape index (κ2) is 7.34. The maximum absolute atomic E-state index is 13.0. The van der Waals surface area contributed by atoms with Crippen LogP contribution < -0.4 is 4.74 Å². The van der Waals surface area contributed by atoms with E-state index in [0.29, 0.717) is 27.4 Å². The van der Waals surface area contributed by atoms with Crippen molar-refractivity contribution < 1.29 is 9.53 Å². The lowest BCUT2D eigenvalue weighted by atomic mass is 10.0. The maximum atomic E-state index is 13.0. The molecule has 2 fully saturated rings. The van der Waals surface area contributed by atoms with Crippen molar-refractivity contribution in [1.82, 2.24) is 9.80 Å². The molecule has 4 nitrogen and oxygen atoms in total. The van der Waals surface area contributed by atoms with Crippen LogP contribution in [0, 0.1) is 11.8 Å². The Kier molecular flexibility index (Phi) is 5.52. The Morgan fingerprint density at radius 3 is 2.12 bits per heavy atom. The molecule has 0 N–H and O–H groups in total. The molecule has 0 aliphatic heterocycles. The summed E-state index contributed by atoms with van der Waals surface area (Å²) in [5, 5.41) is 0.809. The average molecular weight is 385 g/mol. The SMILES string of the molecule is COc1c(Cl)cc(Cl)cc1C(=O)N(C)C1C[C@H]2CC(N(C)C)C[C@H]2C1. The molecule has 2 unspecified atom stereocenters. The maximum Gasteiger partial charge on any atom is 0.257 e. The van der Waals surface area contributed by atoms with Gasteiger partial charge in [-0.05, 0) is 63.7 Å². The lowest BCUT2D eigenvalue weighted by molar-refractivity contribution is 0.0723. The first-order valence-corrected chi connectivity index (χ1v) is 9.54. The van der Waals surface area contributed by atoms with Crippen molar-refractivity contribution in [2.75, 3.05) is 28.3 Å². The van der Waals surface area contributed by atoms with E-state index in [0.717, 1.165) is 24.7 Å². The van der Waals surface area contributed by atoms with Crippen molar-refractivity contribution in [2.45, 2.75) is 37.8 Å². The van der Waals surface area contributed by atoms with Crippen LogP contribution in [-0.2, 0) is 0 Å². The lowest BCUT2D eigenvalue weighted by Crippen LogP contribution is -2.36. The molecule has 0 aromatic heterocycles. The molecule has 0 saturated heterocycles. The van der Waals surface area contributed by atoms with Gasteiger partial charge in [-0.1, -0.05) is 23.2 Å². The zero-order valence-corrected chi connectivity index (χ0v) is 16.8. The fraction of sp³-hybridized carbons (Fsp3) is 0.632. The van der Waals surface area contributed by atoms with Gasteiger partial charge >= 0.3 is 0 Å². The van der Waals surface area contributed by atoms with Gasteiger partial charge in [0.05, 0.1) is 17.7 Å². The molecule has 2 saturated carbocycles. The minimum atomic E-state index is -0.0737. The zero-order chi connectivity index (χ0) is 18.3. The van der Waals surface area contributed by atoms with Crippen LogP contribution in [0.5, 0.6) is 5.75 Å². The third kappa shape index (κ3) is 3.62. The molecule has 1 aromatic rings. The Morgan fingerprint density at radius 1 is 1.04 bits per heavy atom. The van der Waals surface area contributed by atoms with Crippen LogP contribution in [0.3, 0.4) is 0 Å². The van der Waals surface area contributed by atoms with Crippen molar-refractivity contribution in [1.29, 1.82) is 0 Å². The van der Waals surface area contributed by atoms with Crippen LogP contribution >= 0.6 is 23.2 Å². The minimum absolute atomic E-state index is 0.0737. The lowest BCUT2D eigenvalue weighted by Gasteiger charge is -2.27. The Hall–Kier alpha value is -0.970. The van der Waals surface area contributed by atoms with Gasteiger partial charge in [0.25, 0.3) is 5.91 Å². The summed E-state index contributed by atoms with van der Waals surface area (Å²) in [6, 6.07) is 4.19. The molecule has 1 amide bonds. The van der Waals surface area contributed by atoms with Gasteiger partial charge in [-0.25, -0.2) is 0 Å². The van der Waals surface area contributed by atoms with E-state index < -0.39 is 0 Å². The molecule has 4 atom stereocenters. The standard InChI is InChI=1S/C19H26Cl2N2O2/c1-22(2)14-5-11-7-15(8-12(11)6-14)23(3)19(24)16-9-13(20)10-17(21)18(16)25-4/h9-12,14-15H,5-8H2,1-4H3/t11-,12+,14?,15?. The summed E-state index contributed by atoms with van der Waals surface area (Å²) in [6.45, 7) is 0. The number of carbonyl (C=O) groups excluding carboxylic acids is 1. The molecule has 3 rings (SSSR count). The van der Waals surface area contributed by atoms with E-state index in [4.69, 9.17) is 27.9 Å². The van der Waals surface area contributed by atoms with E-state index in [-0.39, 0.29) is 11.9 Å². The highest BCUT2D eigenvalue weighted by molar-refractivity contribution is 6.36. The Balaban J connectivity index is 1.73.